The zero-order valence-corrected chi connectivity index (χ0v) is 12.4. The monoisotopic (exact) mass is 310 g/mol. The number of hydrogen-bond acceptors (Lipinski definition) is 2. The number of hydrogen-bond donors (Lipinski definition) is 1. The van der Waals surface area contributed by atoms with Crippen molar-refractivity contribution >= 4 is 21.8 Å². The standard InChI is InChI=1S/C14H19BrN2O/c1-3-10-4-5-12(9(10)2)17-14(18)11-6-7-16-13(15)8-11/h6-10,12H,3-5H2,1-2H3,(H,17,18). The molecule has 0 saturated heterocycles. The maximum atomic E-state index is 12.1. The van der Waals surface area contributed by atoms with E-state index in [1.54, 1.807) is 18.3 Å². The Bertz CT molecular complexity index is 436. The first-order valence-electron chi connectivity index (χ1n) is 6.54. The number of halogens is 1. The van der Waals surface area contributed by atoms with Crippen molar-refractivity contribution in [1.29, 1.82) is 0 Å². The second kappa shape index (κ2) is 5.83. The van der Waals surface area contributed by atoms with Crippen LogP contribution in [0.5, 0.6) is 0 Å². The molecule has 0 bridgehead atoms. The average Bonchev–Trinajstić information content (AvgIpc) is 2.70. The molecule has 2 rings (SSSR count). The third kappa shape index (κ3) is 2.91. The van der Waals surface area contributed by atoms with Gasteiger partial charge < -0.3 is 5.32 Å². The predicted octanol–water partition coefficient (Wildman–Crippen LogP) is 3.40. The van der Waals surface area contributed by atoms with Gasteiger partial charge in [-0.2, -0.15) is 0 Å². The van der Waals surface area contributed by atoms with Crippen LogP contribution in [0.15, 0.2) is 22.9 Å². The van der Waals surface area contributed by atoms with Gasteiger partial charge >= 0.3 is 0 Å². The normalized spacial score (nSPS) is 27.2. The van der Waals surface area contributed by atoms with Crippen LogP contribution >= 0.6 is 15.9 Å². The maximum Gasteiger partial charge on any atom is 0.251 e. The van der Waals surface area contributed by atoms with Crippen LogP contribution in [-0.4, -0.2) is 16.9 Å². The van der Waals surface area contributed by atoms with E-state index in [0.29, 0.717) is 22.1 Å². The number of carbonyl (C=O) groups excluding carboxylic acids is 1. The number of aromatic nitrogens is 1. The second-order valence-corrected chi connectivity index (χ2v) is 5.86. The first-order chi connectivity index (χ1) is 8.61. The van der Waals surface area contributed by atoms with Crippen LogP contribution in [-0.2, 0) is 0 Å². The molecule has 1 heterocycles. The summed E-state index contributed by atoms with van der Waals surface area (Å²) in [7, 11) is 0. The fourth-order valence-corrected chi connectivity index (χ4v) is 3.19. The first kappa shape index (κ1) is 13.5. The molecular formula is C14H19BrN2O. The van der Waals surface area contributed by atoms with Crippen LogP contribution in [0.3, 0.4) is 0 Å². The number of carbonyl (C=O) groups is 1. The van der Waals surface area contributed by atoms with Gasteiger partial charge in [0.25, 0.3) is 5.91 Å². The number of nitrogens with zero attached hydrogens (tertiary/aromatic N) is 1. The Balaban J connectivity index is 2.00. The number of amides is 1. The summed E-state index contributed by atoms with van der Waals surface area (Å²) in [5.74, 6) is 1.33. The second-order valence-electron chi connectivity index (χ2n) is 5.05. The van der Waals surface area contributed by atoms with Crippen molar-refractivity contribution in [1.82, 2.24) is 10.3 Å². The minimum Gasteiger partial charge on any atom is -0.349 e. The molecule has 1 aromatic rings. The minimum atomic E-state index is 0.00621. The summed E-state index contributed by atoms with van der Waals surface area (Å²) in [6, 6.07) is 3.82. The van der Waals surface area contributed by atoms with Crippen molar-refractivity contribution in [3.05, 3.63) is 28.5 Å². The van der Waals surface area contributed by atoms with Gasteiger partial charge in [-0.05, 0) is 52.7 Å². The molecule has 3 unspecified atom stereocenters. The minimum absolute atomic E-state index is 0.00621. The van der Waals surface area contributed by atoms with Gasteiger partial charge in [-0.15, -0.1) is 0 Å². The van der Waals surface area contributed by atoms with Crippen molar-refractivity contribution in [3.63, 3.8) is 0 Å². The fraction of sp³-hybridized carbons (Fsp3) is 0.571. The summed E-state index contributed by atoms with van der Waals surface area (Å²) in [6.45, 7) is 4.47. The Morgan fingerprint density at radius 2 is 2.33 bits per heavy atom. The Labute approximate surface area is 117 Å². The zero-order valence-electron chi connectivity index (χ0n) is 10.8. The summed E-state index contributed by atoms with van der Waals surface area (Å²) in [6.07, 6.45) is 5.17. The molecule has 1 saturated carbocycles. The van der Waals surface area contributed by atoms with Crippen molar-refractivity contribution in [3.8, 4) is 0 Å². The molecule has 0 spiro atoms. The van der Waals surface area contributed by atoms with E-state index in [2.05, 4.69) is 40.1 Å². The highest BCUT2D eigenvalue weighted by molar-refractivity contribution is 9.10. The molecular weight excluding hydrogens is 292 g/mol. The van der Waals surface area contributed by atoms with Crippen LogP contribution in [0.1, 0.15) is 43.5 Å². The van der Waals surface area contributed by atoms with Crippen LogP contribution in [0.4, 0.5) is 0 Å². The molecule has 1 aromatic heterocycles. The predicted molar refractivity (Wildman–Crippen MR) is 75.4 cm³/mol. The summed E-state index contributed by atoms with van der Waals surface area (Å²) in [5.41, 5.74) is 0.670. The molecule has 3 nitrogen and oxygen atoms in total. The Kier molecular flexibility index (Phi) is 4.38. The molecule has 1 amide bonds. The third-order valence-electron chi connectivity index (χ3n) is 4.06. The Morgan fingerprint density at radius 3 is 2.94 bits per heavy atom. The van der Waals surface area contributed by atoms with Crippen LogP contribution in [0, 0.1) is 11.8 Å². The van der Waals surface area contributed by atoms with Gasteiger partial charge in [0.05, 0.1) is 0 Å². The van der Waals surface area contributed by atoms with Crippen molar-refractivity contribution < 1.29 is 4.79 Å². The molecule has 1 aliphatic rings. The van der Waals surface area contributed by atoms with E-state index >= 15 is 0 Å². The van der Waals surface area contributed by atoms with Crippen molar-refractivity contribution in [2.24, 2.45) is 11.8 Å². The van der Waals surface area contributed by atoms with Gasteiger partial charge in [-0.1, -0.05) is 20.3 Å². The van der Waals surface area contributed by atoms with E-state index in [9.17, 15) is 4.79 Å². The third-order valence-corrected chi connectivity index (χ3v) is 4.49. The Hall–Kier alpha value is -0.900. The van der Waals surface area contributed by atoms with Crippen LogP contribution in [0.2, 0.25) is 0 Å². The smallest absolute Gasteiger partial charge is 0.251 e. The lowest BCUT2D eigenvalue weighted by molar-refractivity contribution is 0.0926. The van der Waals surface area contributed by atoms with Crippen LogP contribution in [0.25, 0.3) is 0 Å². The summed E-state index contributed by atoms with van der Waals surface area (Å²) in [4.78, 5) is 16.2. The highest BCUT2D eigenvalue weighted by Gasteiger charge is 2.32. The van der Waals surface area contributed by atoms with E-state index < -0.39 is 0 Å². The first-order valence-corrected chi connectivity index (χ1v) is 7.33. The van der Waals surface area contributed by atoms with Gasteiger partial charge in [0.1, 0.15) is 4.60 Å². The van der Waals surface area contributed by atoms with E-state index in [1.165, 1.54) is 12.8 Å². The summed E-state index contributed by atoms with van der Waals surface area (Å²) in [5, 5.41) is 3.15. The quantitative estimate of drug-likeness (QED) is 0.869. The SMILES string of the molecule is CCC1CCC(NC(=O)c2ccnc(Br)c2)C1C. The molecule has 3 atom stereocenters. The van der Waals surface area contributed by atoms with E-state index in [4.69, 9.17) is 0 Å². The molecule has 1 N–H and O–H groups in total. The van der Waals surface area contributed by atoms with Crippen molar-refractivity contribution in [2.45, 2.75) is 39.2 Å². The van der Waals surface area contributed by atoms with E-state index in [0.717, 1.165) is 12.3 Å². The van der Waals surface area contributed by atoms with Crippen LogP contribution < -0.4 is 5.32 Å². The molecule has 0 radical (unpaired) electrons. The number of rotatable bonds is 3. The average molecular weight is 311 g/mol. The van der Waals surface area contributed by atoms with Gasteiger partial charge in [0, 0.05) is 17.8 Å². The number of pyridine rings is 1. The van der Waals surface area contributed by atoms with Gasteiger partial charge in [0.2, 0.25) is 0 Å². The summed E-state index contributed by atoms with van der Waals surface area (Å²) < 4.78 is 0.695. The number of nitrogens with one attached hydrogen (secondary N) is 1. The molecule has 0 aliphatic heterocycles. The topological polar surface area (TPSA) is 42.0 Å². The summed E-state index contributed by atoms with van der Waals surface area (Å²) >= 11 is 3.28. The van der Waals surface area contributed by atoms with Gasteiger partial charge in [-0.3, -0.25) is 4.79 Å². The lowest BCUT2D eigenvalue weighted by Gasteiger charge is -2.21. The largest absolute Gasteiger partial charge is 0.349 e. The zero-order chi connectivity index (χ0) is 13.1. The molecule has 1 fully saturated rings. The molecule has 98 valence electrons. The van der Waals surface area contributed by atoms with Crippen molar-refractivity contribution in [2.75, 3.05) is 0 Å². The molecule has 0 aromatic carbocycles. The van der Waals surface area contributed by atoms with Gasteiger partial charge in [-0.25, -0.2) is 4.98 Å². The highest BCUT2D eigenvalue weighted by Crippen LogP contribution is 2.33. The van der Waals surface area contributed by atoms with E-state index in [-0.39, 0.29) is 5.91 Å². The molecule has 1 aliphatic carbocycles. The highest BCUT2D eigenvalue weighted by atomic mass is 79.9. The van der Waals surface area contributed by atoms with Gasteiger partial charge in [0.15, 0.2) is 0 Å². The Morgan fingerprint density at radius 1 is 1.56 bits per heavy atom. The molecule has 4 heteroatoms. The fourth-order valence-electron chi connectivity index (χ4n) is 2.82. The van der Waals surface area contributed by atoms with E-state index in [1.807, 2.05) is 0 Å². The lowest BCUT2D eigenvalue weighted by Crippen LogP contribution is -2.37. The lowest BCUT2D eigenvalue weighted by atomic mass is 9.93. The maximum absolute atomic E-state index is 12.1. The molecule has 18 heavy (non-hydrogen) atoms.